The minimum atomic E-state index is -1.19. The van der Waals surface area contributed by atoms with Crippen molar-refractivity contribution in [3.8, 4) is 0 Å². The standard InChI is InChI=1S/C11H13NO4/c1-3-7-12(4-2)10(13)8-5-6-9(16-8)11(14)15/h3,5-6H,1,4,7H2,2H3,(H,14,15). The van der Waals surface area contributed by atoms with Crippen LogP contribution in [0.1, 0.15) is 28.0 Å². The van der Waals surface area contributed by atoms with Crippen molar-refractivity contribution in [2.45, 2.75) is 6.92 Å². The van der Waals surface area contributed by atoms with E-state index in [0.717, 1.165) is 0 Å². The molecule has 1 heterocycles. The quantitative estimate of drug-likeness (QED) is 0.770. The number of carbonyl (C=O) groups is 2. The van der Waals surface area contributed by atoms with Gasteiger partial charge in [-0.15, -0.1) is 6.58 Å². The molecule has 0 spiro atoms. The third-order valence-electron chi connectivity index (χ3n) is 2.05. The smallest absolute Gasteiger partial charge is 0.371 e. The summed E-state index contributed by atoms with van der Waals surface area (Å²) in [7, 11) is 0. The molecule has 5 nitrogen and oxygen atoms in total. The second kappa shape index (κ2) is 5.16. The summed E-state index contributed by atoms with van der Waals surface area (Å²) in [5, 5.41) is 8.64. The van der Waals surface area contributed by atoms with Crippen LogP contribution in [0.4, 0.5) is 0 Å². The summed E-state index contributed by atoms with van der Waals surface area (Å²) in [6.45, 7) is 6.27. The number of rotatable bonds is 5. The third-order valence-corrected chi connectivity index (χ3v) is 2.05. The highest BCUT2D eigenvalue weighted by atomic mass is 16.4. The summed E-state index contributed by atoms with van der Waals surface area (Å²) >= 11 is 0. The number of nitrogens with zero attached hydrogens (tertiary/aromatic N) is 1. The van der Waals surface area contributed by atoms with E-state index in [2.05, 4.69) is 6.58 Å². The molecule has 16 heavy (non-hydrogen) atoms. The molecule has 0 unspecified atom stereocenters. The highest BCUT2D eigenvalue weighted by Gasteiger charge is 2.18. The number of hydrogen-bond acceptors (Lipinski definition) is 3. The molecule has 0 aliphatic rings. The van der Waals surface area contributed by atoms with Crippen LogP contribution in [0.15, 0.2) is 29.2 Å². The van der Waals surface area contributed by atoms with Crippen LogP contribution in [0.3, 0.4) is 0 Å². The predicted octanol–water partition coefficient (Wildman–Crippen LogP) is 1.63. The maximum absolute atomic E-state index is 11.8. The summed E-state index contributed by atoms with van der Waals surface area (Å²) < 4.78 is 4.91. The van der Waals surface area contributed by atoms with E-state index in [0.29, 0.717) is 13.1 Å². The number of furan rings is 1. The molecule has 0 saturated heterocycles. The summed E-state index contributed by atoms with van der Waals surface area (Å²) in [5.41, 5.74) is 0. The van der Waals surface area contributed by atoms with Gasteiger partial charge in [0.1, 0.15) is 0 Å². The molecule has 0 atom stereocenters. The number of aromatic carboxylic acids is 1. The maximum atomic E-state index is 11.8. The molecule has 0 aliphatic carbocycles. The number of likely N-dealkylation sites (N-methyl/N-ethyl adjacent to an activating group) is 1. The van der Waals surface area contributed by atoms with Gasteiger partial charge in [-0.2, -0.15) is 0 Å². The van der Waals surface area contributed by atoms with Crippen molar-refractivity contribution in [1.82, 2.24) is 4.90 Å². The molecular formula is C11H13NO4. The molecule has 1 N–H and O–H groups in total. The van der Waals surface area contributed by atoms with Gasteiger partial charge in [-0.05, 0) is 19.1 Å². The van der Waals surface area contributed by atoms with Crippen LogP contribution in [-0.2, 0) is 0 Å². The lowest BCUT2D eigenvalue weighted by Gasteiger charge is -2.16. The van der Waals surface area contributed by atoms with Crippen LogP contribution < -0.4 is 0 Å². The van der Waals surface area contributed by atoms with Gasteiger partial charge in [0.15, 0.2) is 5.76 Å². The van der Waals surface area contributed by atoms with E-state index in [-0.39, 0.29) is 17.4 Å². The lowest BCUT2D eigenvalue weighted by molar-refractivity contribution is 0.0653. The second-order valence-electron chi connectivity index (χ2n) is 3.10. The maximum Gasteiger partial charge on any atom is 0.371 e. The highest BCUT2D eigenvalue weighted by molar-refractivity contribution is 5.93. The van der Waals surface area contributed by atoms with Crippen LogP contribution in [0.25, 0.3) is 0 Å². The van der Waals surface area contributed by atoms with E-state index in [9.17, 15) is 9.59 Å². The zero-order chi connectivity index (χ0) is 12.1. The predicted molar refractivity (Wildman–Crippen MR) is 57.4 cm³/mol. The van der Waals surface area contributed by atoms with Crippen LogP contribution in [0.2, 0.25) is 0 Å². The molecule has 0 saturated carbocycles. The van der Waals surface area contributed by atoms with Gasteiger partial charge in [-0.1, -0.05) is 6.08 Å². The number of carbonyl (C=O) groups excluding carboxylic acids is 1. The second-order valence-corrected chi connectivity index (χ2v) is 3.10. The van der Waals surface area contributed by atoms with Gasteiger partial charge < -0.3 is 14.4 Å². The topological polar surface area (TPSA) is 70.8 Å². The average Bonchev–Trinajstić information content (AvgIpc) is 2.74. The minimum Gasteiger partial charge on any atom is -0.475 e. The highest BCUT2D eigenvalue weighted by Crippen LogP contribution is 2.10. The van der Waals surface area contributed by atoms with E-state index in [1.165, 1.54) is 17.0 Å². The fraction of sp³-hybridized carbons (Fsp3) is 0.273. The zero-order valence-electron chi connectivity index (χ0n) is 8.97. The Bertz CT molecular complexity index is 408. The summed E-state index contributed by atoms with van der Waals surface area (Å²) in [6, 6.07) is 2.62. The van der Waals surface area contributed by atoms with Gasteiger partial charge in [0, 0.05) is 13.1 Å². The van der Waals surface area contributed by atoms with E-state index >= 15 is 0 Å². The van der Waals surface area contributed by atoms with Gasteiger partial charge in [-0.25, -0.2) is 4.79 Å². The molecule has 0 aromatic carbocycles. The van der Waals surface area contributed by atoms with E-state index < -0.39 is 5.97 Å². The molecule has 1 amide bonds. The number of hydrogen-bond donors (Lipinski definition) is 1. The minimum absolute atomic E-state index is 0.0288. The Balaban J connectivity index is 2.86. The van der Waals surface area contributed by atoms with Gasteiger partial charge >= 0.3 is 5.97 Å². The molecule has 0 aliphatic heterocycles. The van der Waals surface area contributed by atoms with Crippen LogP contribution in [0.5, 0.6) is 0 Å². The number of carboxylic acids is 1. The fourth-order valence-corrected chi connectivity index (χ4v) is 1.24. The van der Waals surface area contributed by atoms with Crippen LogP contribution in [0, 0.1) is 0 Å². The summed E-state index contributed by atoms with van der Waals surface area (Å²) in [5.74, 6) is -1.74. The molecule has 1 aromatic heterocycles. The Morgan fingerprint density at radius 2 is 2.12 bits per heavy atom. The van der Waals surface area contributed by atoms with E-state index in [1.54, 1.807) is 6.08 Å². The van der Waals surface area contributed by atoms with Gasteiger partial charge in [0.25, 0.3) is 5.91 Å². The van der Waals surface area contributed by atoms with Crippen molar-refractivity contribution in [2.24, 2.45) is 0 Å². The first-order valence-corrected chi connectivity index (χ1v) is 4.83. The Morgan fingerprint density at radius 3 is 2.56 bits per heavy atom. The average molecular weight is 223 g/mol. The van der Waals surface area contributed by atoms with Gasteiger partial charge in [-0.3, -0.25) is 4.79 Å². The molecule has 1 rings (SSSR count). The lowest BCUT2D eigenvalue weighted by Crippen LogP contribution is -2.30. The molecule has 5 heteroatoms. The zero-order valence-corrected chi connectivity index (χ0v) is 8.97. The van der Waals surface area contributed by atoms with Crippen molar-refractivity contribution >= 4 is 11.9 Å². The molecule has 1 aromatic rings. The Labute approximate surface area is 93.0 Å². The van der Waals surface area contributed by atoms with Crippen molar-refractivity contribution in [3.63, 3.8) is 0 Å². The SMILES string of the molecule is C=CCN(CC)C(=O)c1ccc(C(=O)O)o1. The van der Waals surface area contributed by atoms with Crippen molar-refractivity contribution in [1.29, 1.82) is 0 Å². The normalized spacial score (nSPS) is 9.81. The van der Waals surface area contributed by atoms with Gasteiger partial charge in [0.2, 0.25) is 5.76 Å². The Kier molecular flexibility index (Phi) is 3.88. The number of carboxylic acid groups (broad SMARTS) is 1. The molecule has 0 bridgehead atoms. The fourth-order valence-electron chi connectivity index (χ4n) is 1.24. The van der Waals surface area contributed by atoms with Crippen molar-refractivity contribution in [3.05, 3.63) is 36.3 Å². The largest absolute Gasteiger partial charge is 0.475 e. The van der Waals surface area contributed by atoms with E-state index in [1.807, 2.05) is 6.92 Å². The summed E-state index contributed by atoms with van der Waals surface area (Å²) in [6.07, 6.45) is 1.60. The molecular weight excluding hydrogens is 210 g/mol. The van der Waals surface area contributed by atoms with Crippen LogP contribution >= 0.6 is 0 Å². The van der Waals surface area contributed by atoms with Gasteiger partial charge in [0.05, 0.1) is 0 Å². The van der Waals surface area contributed by atoms with Crippen molar-refractivity contribution < 1.29 is 19.1 Å². The van der Waals surface area contributed by atoms with Crippen LogP contribution in [-0.4, -0.2) is 35.0 Å². The summed E-state index contributed by atoms with van der Waals surface area (Å²) in [4.78, 5) is 23.9. The number of amides is 1. The van der Waals surface area contributed by atoms with Crippen molar-refractivity contribution in [2.75, 3.05) is 13.1 Å². The molecule has 0 fully saturated rings. The monoisotopic (exact) mass is 223 g/mol. The Hall–Kier alpha value is -2.04. The first kappa shape index (κ1) is 12.0. The van der Waals surface area contributed by atoms with E-state index in [4.69, 9.17) is 9.52 Å². The Morgan fingerprint density at radius 1 is 1.50 bits per heavy atom. The first-order chi connectivity index (χ1) is 7.60. The molecule has 0 radical (unpaired) electrons. The lowest BCUT2D eigenvalue weighted by atomic mass is 10.3. The first-order valence-electron chi connectivity index (χ1n) is 4.83. The molecule has 86 valence electrons. The third kappa shape index (κ3) is 2.50.